The molecule has 0 aromatic heterocycles. The van der Waals surface area contributed by atoms with E-state index < -0.39 is 21.7 Å². The van der Waals surface area contributed by atoms with Crippen molar-refractivity contribution in [2.45, 2.75) is 13.8 Å². The molecule has 5 nitrogen and oxygen atoms in total. The molecular formula is C16H17FN2O3S. The highest BCUT2D eigenvalue weighted by molar-refractivity contribution is 7.92. The molecule has 0 aliphatic heterocycles. The zero-order valence-corrected chi connectivity index (χ0v) is 13.8. The van der Waals surface area contributed by atoms with E-state index in [-0.39, 0.29) is 5.56 Å². The van der Waals surface area contributed by atoms with E-state index >= 15 is 0 Å². The monoisotopic (exact) mass is 336 g/mol. The number of rotatable bonds is 4. The third kappa shape index (κ3) is 4.53. The van der Waals surface area contributed by atoms with Gasteiger partial charge in [-0.2, -0.15) is 0 Å². The second-order valence-corrected chi connectivity index (χ2v) is 7.07. The van der Waals surface area contributed by atoms with Crippen LogP contribution in [0.4, 0.5) is 15.8 Å². The summed E-state index contributed by atoms with van der Waals surface area (Å²) in [5.41, 5.74) is 2.10. The smallest absolute Gasteiger partial charge is 0.255 e. The minimum Gasteiger partial charge on any atom is -0.322 e. The van der Waals surface area contributed by atoms with Crippen molar-refractivity contribution in [3.05, 3.63) is 58.9 Å². The summed E-state index contributed by atoms with van der Waals surface area (Å²) in [7, 11) is -3.44. The number of anilines is 2. The third-order valence-electron chi connectivity index (χ3n) is 3.22. The van der Waals surface area contributed by atoms with Crippen molar-refractivity contribution in [3.8, 4) is 0 Å². The van der Waals surface area contributed by atoms with Crippen molar-refractivity contribution in [1.29, 1.82) is 0 Å². The molecule has 1 amide bonds. The lowest BCUT2D eigenvalue weighted by atomic mass is 10.1. The predicted molar refractivity (Wildman–Crippen MR) is 88.7 cm³/mol. The molecule has 0 fully saturated rings. The Bertz CT molecular complexity index is 864. The number of sulfonamides is 1. The van der Waals surface area contributed by atoms with Crippen molar-refractivity contribution in [2.24, 2.45) is 0 Å². The van der Waals surface area contributed by atoms with E-state index in [1.54, 1.807) is 38.1 Å². The van der Waals surface area contributed by atoms with Crippen molar-refractivity contribution in [3.63, 3.8) is 0 Å². The minimum absolute atomic E-state index is 0.266. The first-order chi connectivity index (χ1) is 10.7. The molecule has 2 rings (SSSR count). The quantitative estimate of drug-likeness (QED) is 0.901. The lowest BCUT2D eigenvalue weighted by Crippen LogP contribution is -2.14. The zero-order valence-electron chi connectivity index (χ0n) is 13.0. The van der Waals surface area contributed by atoms with Crippen LogP contribution in [0.5, 0.6) is 0 Å². The Balaban J connectivity index is 2.25. The molecule has 2 N–H and O–H groups in total. The average Bonchev–Trinajstić information content (AvgIpc) is 2.44. The van der Waals surface area contributed by atoms with Crippen LogP contribution in [-0.4, -0.2) is 20.6 Å². The largest absolute Gasteiger partial charge is 0.322 e. The molecule has 0 radical (unpaired) electrons. The number of hydrogen-bond acceptors (Lipinski definition) is 3. The Morgan fingerprint density at radius 2 is 1.70 bits per heavy atom. The van der Waals surface area contributed by atoms with Crippen LogP contribution in [0.1, 0.15) is 21.5 Å². The summed E-state index contributed by atoms with van der Waals surface area (Å²) >= 11 is 0. The average molecular weight is 336 g/mol. The van der Waals surface area contributed by atoms with E-state index in [0.717, 1.165) is 6.26 Å². The van der Waals surface area contributed by atoms with Gasteiger partial charge in [0.25, 0.3) is 5.91 Å². The number of carbonyl (C=O) groups excluding carboxylic acids is 1. The van der Waals surface area contributed by atoms with Crippen LogP contribution in [0.2, 0.25) is 0 Å². The second-order valence-electron chi connectivity index (χ2n) is 5.32. The number of carbonyl (C=O) groups is 1. The third-order valence-corrected chi connectivity index (χ3v) is 3.82. The summed E-state index contributed by atoms with van der Waals surface area (Å²) in [6.07, 6.45) is 1.04. The standard InChI is InChI=1S/C16H17FN2O3S/c1-10-5-7-13(9-14(10)17)18-16(20)12-6-4-11(2)15(8-12)19-23(3,21)22/h4-9,19H,1-3H3,(H,18,20). The topological polar surface area (TPSA) is 75.3 Å². The van der Waals surface area contributed by atoms with Crippen LogP contribution < -0.4 is 10.0 Å². The Kier molecular flexibility index (Phi) is 4.70. The van der Waals surface area contributed by atoms with Crippen molar-refractivity contribution < 1.29 is 17.6 Å². The molecule has 122 valence electrons. The van der Waals surface area contributed by atoms with Crippen molar-refractivity contribution in [1.82, 2.24) is 0 Å². The fraction of sp³-hybridized carbons (Fsp3) is 0.188. The van der Waals surface area contributed by atoms with E-state index in [9.17, 15) is 17.6 Å². The van der Waals surface area contributed by atoms with Crippen LogP contribution in [0.3, 0.4) is 0 Å². The summed E-state index contributed by atoms with van der Waals surface area (Å²) in [4.78, 5) is 12.2. The molecule has 0 bridgehead atoms. The summed E-state index contributed by atoms with van der Waals surface area (Å²) < 4.78 is 38.5. The van der Waals surface area contributed by atoms with Crippen LogP contribution in [0.25, 0.3) is 0 Å². The first-order valence-electron chi connectivity index (χ1n) is 6.81. The molecule has 0 saturated heterocycles. The fourth-order valence-corrected chi connectivity index (χ4v) is 2.57. The number of benzene rings is 2. The molecule has 7 heteroatoms. The van der Waals surface area contributed by atoms with Crippen LogP contribution >= 0.6 is 0 Å². The predicted octanol–water partition coefficient (Wildman–Crippen LogP) is 3.07. The number of aryl methyl sites for hydroxylation is 2. The van der Waals surface area contributed by atoms with Gasteiger partial charge in [-0.15, -0.1) is 0 Å². The highest BCUT2D eigenvalue weighted by Gasteiger charge is 2.11. The number of hydrogen-bond donors (Lipinski definition) is 2. The van der Waals surface area contributed by atoms with Gasteiger partial charge in [-0.25, -0.2) is 12.8 Å². The lowest BCUT2D eigenvalue weighted by molar-refractivity contribution is 0.102. The molecule has 2 aromatic rings. The van der Waals surface area contributed by atoms with Gasteiger partial charge in [0, 0.05) is 11.3 Å². The van der Waals surface area contributed by atoms with E-state index in [1.807, 2.05) is 0 Å². The highest BCUT2D eigenvalue weighted by atomic mass is 32.2. The Morgan fingerprint density at radius 3 is 2.30 bits per heavy atom. The second kappa shape index (κ2) is 6.37. The molecule has 0 unspecified atom stereocenters. The van der Waals surface area contributed by atoms with Gasteiger partial charge in [-0.3, -0.25) is 9.52 Å². The van der Waals surface area contributed by atoms with Gasteiger partial charge >= 0.3 is 0 Å². The Morgan fingerprint density at radius 1 is 1.04 bits per heavy atom. The maximum absolute atomic E-state index is 13.5. The highest BCUT2D eigenvalue weighted by Crippen LogP contribution is 2.20. The van der Waals surface area contributed by atoms with E-state index in [1.165, 1.54) is 12.1 Å². The zero-order chi connectivity index (χ0) is 17.2. The summed E-state index contributed by atoms with van der Waals surface area (Å²) in [5.74, 6) is -0.865. The minimum atomic E-state index is -3.44. The van der Waals surface area contributed by atoms with Gasteiger partial charge < -0.3 is 5.32 Å². The molecule has 0 aliphatic rings. The first kappa shape index (κ1) is 17.0. The molecule has 0 heterocycles. The lowest BCUT2D eigenvalue weighted by Gasteiger charge is -2.11. The van der Waals surface area contributed by atoms with Gasteiger partial charge in [0.1, 0.15) is 5.82 Å². The summed E-state index contributed by atoms with van der Waals surface area (Å²) in [6.45, 7) is 3.36. The molecule has 0 saturated carbocycles. The number of halogens is 1. The molecular weight excluding hydrogens is 319 g/mol. The molecule has 0 spiro atoms. The van der Waals surface area contributed by atoms with Gasteiger partial charge in [-0.05, 0) is 49.2 Å². The fourth-order valence-electron chi connectivity index (χ4n) is 1.95. The molecule has 2 aromatic carbocycles. The maximum Gasteiger partial charge on any atom is 0.255 e. The summed E-state index contributed by atoms with van der Waals surface area (Å²) in [5, 5.41) is 2.58. The van der Waals surface area contributed by atoms with Crippen LogP contribution in [0.15, 0.2) is 36.4 Å². The van der Waals surface area contributed by atoms with Crippen molar-refractivity contribution in [2.75, 3.05) is 16.3 Å². The Labute approximate surface area is 134 Å². The number of nitrogens with one attached hydrogen (secondary N) is 2. The Hall–Kier alpha value is -2.41. The van der Waals surface area contributed by atoms with E-state index in [0.29, 0.717) is 22.5 Å². The number of amides is 1. The van der Waals surface area contributed by atoms with Gasteiger partial charge in [0.15, 0.2) is 0 Å². The van der Waals surface area contributed by atoms with Gasteiger partial charge in [-0.1, -0.05) is 12.1 Å². The molecule has 0 atom stereocenters. The first-order valence-corrected chi connectivity index (χ1v) is 8.71. The van der Waals surface area contributed by atoms with Crippen molar-refractivity contribution >= 4 is 27.3 Å². The van der Waals surface area contributed by atoms with Crippen LogP contribution in [0, 0.1) is 19.7 Å². The van der Waals surface area contributed by atoms with E-state index in [2.05, 4.69) is 10.0 Å². The van der Waals surface area contributed by atoms with Crippen LogP contribution in [-0.2, 0) is 10.0 Å². The normalized spacial score (nSPS) is 11.1. The SMILES string of the molecule is Cc1ccc(NC(=O)c2ccc(C)c(NS(C)(=O)=O)c2)cc1F. The van der Waals surface area contributed by atoms with E-state index in [4.69, 9.17) is 0 Å². The summed E-state index contributed by atoms with van der Waals surface area (Å²) in [6, 6.07) is 9.05. The van der Waals surface area contributed by atoms with Gasteiger partial charge in [0.05, 0.1) is 11.9 Å². The maximum atomic E-state index is 13.5. The molecule has 23 heavy (non-hydrogen) atoms. The van der Waals surface area contributed by atoms with Gasteiger partial charge in [0.2, 0.25) is 10.0 Å². The molecule has 0 aliphatic carbocycles.